The minimum absolute atomic E-state index is 0.692. The normalized spacial score (nSPS) is 10.7. The van der Waals surface area contributed by atoms with Crippen LogP contribution in [0.5, 0.6) is 0 Å². The number of allylic oxidation sites excluding steroid dienone is 1. The minimum Gasteiger partial charge on any atom is -0.487 e. The van der Waals surface area contributed by atoms with Gasteiger partial charge in [-0.3, -0.25) is 0 Å². The summed E-state index contributed by atoms with van der Waals surface area (Å²) in [6.07, 6.45) is 3.74. The van der Waals surface area contributed by atoms with Crippen molar-refractivity contribution in [1.29, 1.82) is 0 Å². The number of nitrogens with zero attached hydrogens (tertiary/aromatic N) is 1. The van der Waals surface area contributed by atoms with Crippen molar-refractivity contribution in [3.05, 3.63) is 12.0 Å². The topological polar surface area (TPSA) is 24.3 Å². The van der Waals surface area contributed by atoms with E-state index in [1.807, 2.05) is 45.1 Å². The molecule has 64 valence electrons. The Bertz CT molecular complexity index is 157. The van der Waals surface area contributed by atoms with Crippen LogP contribution in [0, 0.1) is 0 Å². The monoisotopic (exact) mass is 157 g/mol. The first-order valence-corrected chi connectivity index (χ1v) is 3.72. The van der Waals surface area contributed by atoms with Crippen LogP contribution in [0.2, 0.25) is 0 Å². The highest BCUT2D eigenvalue weighted by atomic mass is 16.5. The average Bonchev–Trinajstić information content (AvgIpc) is 1.87. The van der Waals surface area contributed by atoms with Gasteiger partial charge < -0.3 is 10.1 Å². The molecule has 0 heterocycles. The Morgan fingerprint density at radius 3 is 2.55 bits per heavy atom. The van der Waals surface area contributed by atoms with Crippen molar-refractivity contribution in [2.24, 2.45) is 0 Å². The molecule has 0 saturated heterocycles. The van der Waals surface area contributed by atoms with Gasteiger partial charge in [-0.2, -0.15) is 0 Å². The number of hydrogen-bond acceptors (Lipinski definition) is 2. The third kappa shape index (κ3) is 5.45. The van der Waals surface area contributed by atoms with Crippen LogP contribution in [0.1, 0.15) is 6.92 Å². The molecule has 0 fully saturated rings. The first kappa shape index (κ1) is 10.0. The van der Waals surface area contributed by atoms with Gasteiger partial charge in [-0.1, -0.05) is 0 Å². The summed E-state index contributed by atoms with van der Waals surface area (Å²) in [7, 11) is 5.77. The first-order valence-electron chi connectivity index (χ1n) is 3.72. The molecule has 3 nitrogen and oxygen atoms in total. The smallest absolute Gasteiger partial charge is 0.206 e. The van der Waals surface area contributed by atoms with Gasteiger partial charge in [0.25, 0.3) is 0 Å². The summed E-state index contributed by atoms with van der Waals surface area (Å²) in [5, 5.41) is 2.91. The molecule has 0 aliphatic carbocycles. The molecule has 3 heteroatoms. The van der Waals surface area contributed by atoms with E-state index < -0.39 is 0 Å². The molecule has 0 aliphatic heterocycles. The Morgan fingerprint density at radius 2 is 2.18 bits per heavy atom. The maximum absolute atomic E-state index is 5.29. The number of hydrogen-bond donors (Lipinski definition) is 1. The third-order valence-electron chi connectivity index (χ3n) is 0.983. The maximum atomic E-state index is 5.29. The zero-order valence-corrected chi connectivity index (χ0v) is 7.72. The van der Waals surface area contributed by atoms with Crippen LogP contribution in [0.25, 0.3) is 0 Å². The number of rotatable bonds is 4. The summed E-state index contributed by atoms with van der Waals surface area (Å²) in [5.41, 5.74) is 0. The van der Waals surface area contributed by atoms with E-state index in [1.165, 1.54) is 0 Å². The van der Waals surface area contributed by atoms with Gasteiger partial charge in [0.15, 0.2) is 5.76 Å². The molecule has 0 aromatic rings. The predicted octanol–water partition coefficient (Wildman–Crippen LogP) is 0.427. The fourth-order valence-corrected chi connectivity index (χ4v) is 0.680. The van der Waals surface area contributed by atoms with E-state index >= 15 is 0 Å². The van der Waals surface area contributed by atoms with Gasteiger partial charge in [-0.15, -0.1) is 0 Å². The fourth-order valence-electron chi connectivity index (χ4n) is 0.680. The maximum Gasteiger partial charge on any atom is 0.206 e. The van der Waals surface area contributed by atoms with E-state index in [9.17, 15) is 0 Å². The van der Waals surface area contributed by atoms with Gasteiger partial charge in [0.05, 0.1) is 6.61 Å². The zero-order chi connectivity index (χ0) is 8.69. The van der Waals surface area contributed by atoms with Crippen molar-refractivity contribution >= 4 is 6.21 Å². The Hall–Kier alpha value is -0.990. The van der Waals surface area contributed by atoms with Crippen LogP contribution >= 0.6 is 0 Å². The van der Waals surface area contributed by atoms with Crippen LogP contribution in [-0.2, 0) is 4.74 Å². The lowest BCUT2D eigenvalue weighted by Crippen LogP contribution is -2.07. The Balaban J connectivity index is 4.11. The molecule has 0 rings (SSSR count). The van der Waals surface area contributed by atoms with Crippen LogP contribution in [0.4, 0.5) is 0 Å². The summed E-state index contributed by atoms with van der Waals surface area (Å²) in [6.45, 7) is 2.66. The van der Waals surface area contributed by atoms with Gasteiger partial charge in [-0.25, -0.2) is 4.58 Å². The highest BCUT2D eigenvalue weighted by Crippen LogP contribution is 1.89. The van der Waals surface area contributed by atoms with E-state index in [0.717, 1.165) is 5.76 Å². The fraction of sp³-hybridized carbons (Fsp3) is 0.625. The van der Waals surface area contributed by atoms with E-state index in [1.54, 1.807) is 0 Å². The molecule has 0 aliphatic rings. The predicted molar refractivity (Wildman–Crippen MR) is 46.9 cm³/mol. The molecule has 0 aromatic heterocycles. The molecular formula is C8H17N2O+. The highest BCUT2D eigenvalue weighted by molar-refractivity contribution is 5.71. The zero-order valence-electron chi connectivity index (χ0n) is 7.72. The minimum atomic E-state index is 0.692. The van der Waals surface area contributed by atoms with Gasteiger partial charge in [0.2, 0.25) is 6.21 Å². The van der Waals surface area contributed by atoms with Crippen molar-refractivity contribution in [2.45, 2.75) is 6.92 Å². The molecule has 0 unspecified atom stereocenters. The van der Waals surface area contributed by atoms with E-state index in [-0.39, 0.29) is 0 Å². The van der Waals surface area contributed by atoms with Gasteiger partial charge >= 0.3 is 0 Å². The lowest BCUT2D eigenvalue weighted by molar-refractivity contribution is -0.459. The number of ether oxygens (including phenoxy) is 1. The van der Waals surface area contributed by atoms with Crippen LogP contribution in [0.15, 0.2) is 12.0 Å². The van der Waals surface area contributed by atoms with Crippen molar-refractivity contribution < 1.29 is 9.31 Å². The molecule has 0 spiro atoms. The average molecular weight is 157 g/mol. The van der Waals surface area contributed by atoms with Crippen molar-refractivity contribution in [2.75, 3.05) is 27.7 Å². The molecule has 0 amide bonds. The van der Waals surface area contributed by atoms with Crippen molar-refractivity contribution in [3.8, 4) is 0 Å². The van der Waals surface area contributed by atoms with E-state index in [0.29, 0.717) is 6.61 Å². The van der Waals surface area contributed by atoms with Crippen molar-refractivity contribution in [3.63, 3.8) is 0 Å². The van der Waals surface area contributed by atoms with E-state index in [2.05, 4.69) is 5.32 Å². The molecule has 0 bridgehead atoms. The Kier molecular flexibility index (Phi) is 5.25. The summed E-state index contributed by atoms with van der Waals surface area (Å²) < 4.78 is 7.24. The molecule has 0 radical (unpaired) electrons. The summed E-state index contributed by atoms with van der Waals surface area (Å²) >= 11 is 0. The van der Waals surface area contributed by atoms with Crippen LogP contribution < -0.4 is 5.32 Å². The summed E-state index contributed by atoms with van der Waals surface area (Å²) in [4.78, 5) is 0. The lowest BCUT2D eigenvalue weighted by atomic mass is 10.5. The summed E-state index contributed by atoms with van der Waals surface area (Å²) in [5.74, 6) is 0.847. The third-order valence-corrected chi connectivity index (χ3v) is 0.983. The van der Waals surface area contributed by atoms with Crippen LogP contribution in [0.3, 0.4) is 0 Å². The standard InChI is InChI=1S/C8H16N2O/c1-5-11-8(6-9-2)7-10(3)4/h6-7H,5H2,1-4H3/p+1. The Morgan fingerprint density at radius 1 is 1.55 bits per heavy atom. The van der Waals surface area contributed by atoms with Gasteiger partial charge in [0.1, 0.15) is 14.1 Å². The molecule has 0 aromatic carbocycles. The molecular weight excluding hydrogens is 140 g/mol. The van der Waals surface area contributed by atoms with Gasteiger partial charge in [-0.05, 0) is 6.92 Å². The number of nitrogens with one attached hydrogen (secondary N) is 1. The lowest BCUT2D eigenvalue weighted by Gasteiger charge is -2.00. The largest absolute Gasteiger partial charge is 0.487 e. The SMILES string of the molecule is CCO/C(C=[N+](C)C)=C\NC. The second kappa shape index (κ2) is 5.77. The Labute approximate surface area is 68.4 Å². The molecule has 0 saturated carbocycles. The molecule has 11 heavy (non-hydrogen) atoms. The summed E-state index contributed by atoms with van der Waals surface area (Å²) in [6, 6.07) is 0. The molecule has 1 N–H and O–H groups in total. The first-order chi connectivity index (χ1) is 5.20. The molecule has 0 atom stereocenters. The quantitative estimate of drug-likeness (QED) is 0.363. The second-order valence-corrected chi connectivity index (χ2v) is 2.36. The van der Waals surface area contributed by atoms with E-state index in [4.69, 9.17) is 4.74 Å². The highest BCUT2D eigenvalue weighted by Gasteiger charge is 1.95. The van der Waals surface area contributed by atoms with Gasteiger partial charge in [0, 0.05) is 13.2 Å². The second-order valence-electron chi connectivity index (χ2n) is 2.36. The van der Waals surface area contributed by atoms with Crippen LogP contribution in [-0.4, -0.2) is 38.5 Å². The van der Waals surface area contributed by atoms with Crippen molar-refractivity contribution in [1.82, 2.24) is 5.32 Å².